The van der Waals surface area contributed by atoms with Gasteiger partial charge in [-0.25, -0.2) is 0 Å². The second kappa shape index (κ2) is 7.21. The molecule has 1 aliphatic rings. The predicted molar refractivity (Wildman–Crippen MR) is 108 cm³/mol. The lowest BCUT2D eigenvalue weighted by atomic mass is 10.0. The molecule has 1 amide bonds. The van der Waals surface area contributed by atoms with Crippen LogP contribution in [0.1, 0.15) is 36.6 Å². The van der Waals surface area contributed by atoms with Crippen molar-refractivity contribution in [2.24, 2.45) is 0 Å². The third-order valence-corrected chi connectivity index (χ3v) is 4.93. The van der Waals surface area contributed by atoms with E-state index in [1.807, 2.05) is 32.0 Å². The van der Waals surface area contributed by atoms with Gasteiger partial charge in [0.25, 0.3) is 0 Å². The number of aromatic amines is 1. The Morgan fingerprint density at radius 3 is 2.81 bits per heavy atom. The number of carbonyl (C=O) groups excluding carboxylic acids is 1. The number of anilines is 1. The Labute approximate surface area is 162 Å². The van der Waals surface area contributed by atoms with Gasteiger partial charge in [0.05, 0.1) is 11.7 Å². The number of rotatable bonds is 5. The van der Waals surface area contributed by atoms with E-state index in [1.165, 1.54) is 11.1 Å². The molecular weight excluding hydrogens is 362 g/mol. The first-order valence-electron chi connectivity index (χ1n) is 9.03. The van der Waals surface area contributed by atoms with Crippen LogP contribution in [0.25, 0.3) is 10.9 Å². The number of hydrogen-bond donors (Lipinski definition) is 4. The summed E-state index contributed by atoms with van der Waals surface area (Å²) in [5, 5.41) is 18.2. The van der Waals surface area contributed by atoms with E-state index >= 15 is 0 Å². The molecule has 140 valence electrons. The van der Waals surface area contributed by atoms with Crippen LogP contribution in [0.2, 0.25) is 5.02 Å². The molecule has 1 atom stereocenters. The van der Waals surface area contributed by atoms with Gasteiger partial charge in [0.15, 0.2) is 0 Å². The Hall–Kier alpha value is -2.57. The van der Waals surface area contributed by atoms with Gasteiger partial charge in [-0.1, -0.05) is 17.7 Å². The van der Waals surface area contributed by atoms with Gasteiger partial charge in [0, 0.05) is 35.2 Å². The topological polar surface area (TPSA) is 81.8 Å². The smallest absolute Gasteiger partial charge is 0.247 e. The molecule has 3 aromatic rings. The third kappa shape index (κ3) is 3.63. The third-order valence-electron chi connectivity index (χ3n) is 4.71. The van der Waals surface area contributed by atoms with Gasteiger partial charge in [0.2, 0.25) is 5.91 Å². The molecule has 0 bridgehead atoms. The summed E-state index contributed by atoms with van der Waals surface area (Å²) < 4.78 is 0. The molecule has 0 unspecified atom stereocenters. The lowest BCUT2D eigenvalue weighted by molar-refractivity contribution is -0.122. The van der Waals surface area contributed by atoms with E-state index in [0.717, 1.165) is 35.2 Å². The molecule has 27 heavy (non-hydrogen) atoms. The first-order valence-corrected chi connectivity index (χ1v) is 9.41. The van der Waals surface area contributed by atoms with Crippen molar-refractivity contribution in [2.75, 3.05) is 5.32 Å². The van der Waals surface area contributed by atoms with Crippen LogP contribution in [0, 0.1) is 0 Å². The first kappa shape index (κ1) is 17.8. The van der Waals surface area contributed by atoms with E-state index in [1.54, 1.807) is 6.20 Å². The van der Waals surface area contributed by atoms with Gasteiger partial charge in [-0.05, 0) is 54.8 Å². The number of nitrogens with one attached hydrogen (secondary N) is 4. The SMILES string of the molecule is CC(C)NC(=O)[C@H](Nc1ccc2c(c1)CNC2)c1cc(Cl)cc2[nH]ncc12. The van der Waals surface area contributed by atoms with E-state index in [4.69, 9.17) is 11.6 Å². The van der Waals surface area contributed by atoms with Gasteiger partial charge >= 0.3 is 0 Å². The van der Waals surface area contributed by atoms with Crippen LogP contribution in [0.15, 0.2) is 36.5 Å². The summed E-state index contributed by atoms with van der Waals surface area (Å²) in [6.07, 6.45) is 1.73. The number of amides is 1. The van der Waals surface area contributed by atoms with Crippen LogP contribution in [0.3, 0.4) is 0 Å². The Kier molecular flexibility index (Phi) is 4.76. The molecule has 0 radical (unpaired) electrons. The zero-order valence-corrected chi connectivity index (χ0v) is 16.0. The Morgan fingerprint density at radius 2 is 2.00 bits per heavy atom. The van der Waals surface area contributed by atoms with Crippen molar-refractivity contribution in [1.29, 1.82) is 0 Å². The minimum absolute atomic E-state index is 0.0324. The van der Waals surface area contributed by atoms with E-state index in [2.05, 4.69) is 38.3 Å². The average Bonchev–Trinajstić information content (AvgIpc) is 3.26. The van der Waals surface area contributed by atoms with E-state index in [-0.39, 0.29) is 11.9 Å². The number of fused-ring (bicyclic) bond motifs is 2. The molecule has 0 saturated heterocycles. The van der Waals surface area contributed by atoms with Crippen molar-refractivity contribution in [1.82, 2.24) is 20.8 Å². The van der Waals surface area contributed by atoms with Crippen molar-refractivity contribution in [3.05, 3.63) is 58.2 Å². The molecular formula is C20H22ClN5O. The lowest BCUT2D eigenvalue weighted by Gasteiger charge is -2.22. The number of hydrogen-bond acceptors (Lipinski definition) is 4. The zero-order valence-electron chi connectivity index (χ0n) is 15.3. The van der Waals surface area contributed by atoms with Gasteiger partial charge < -0.3 is 16.0 Å². The molecule has 1 aliphatic heterocycles. The molecule has 1 aromatic heterocycles. The first-order chi connectivity index (χ1) is 13.0. The van der Waals surface area contributed by atoms with Crippen LogP contribution in [0.5, 0.6) is 0 Å². The summed E-state index contributed by atoms with van der Waals surface area (Å²) in [6.45, 7) is 5.62. The Balaban J connectivity index is 1.74. The maximum atomic E-state index is 13.0. The molecule has 6 nitrogen and oxygen atoms in total. The summed E-state index contributed by atoms with van der Waals surface area (Å²) in [7, 11) is 0. The zero-order chi connectivity index (χ0) is 19.0. The molecule has 2 aromatic carbocycles. The minimum atomic E-state index is -0.585. The number of aromatic nitrogens is 2. The highest BCUT2D eigenvalue weighted by molar-refractivity contribution is 6.31. The summed E-state index contributed by atoms with van der Waals surface area (Å²) in [5.41, 5.74) is 5.05. The van der Waals surface area contributed by atoms with Crippen LogP contribution in [0.4, 0.5) is 5.69 Å². The second-order valence-corrected chi connectivity index (χ2v) is 7.59. The average molecular weight is 384 g/mol. The van der Waals surface area contributed by atoms with Crippen LogP contribution < -0.4 is 16.0 Å². The van der Waals surface area contributed by atoms with Crippen molar-refractivity contribution < 1.29 is 4.79 Å². The van der Waals surface area contributed by atoms with E-state index < -0.39 is 6.04 Å². The highest BCUT2D eigenvalue weighted by atomic mass is 35.5. The number of H-pyrrole nitrogens is 1. The largest absolute Gasteiger partial charge is 0.370 e. The van der Waals surface area contributed by atoms with Crippen molar-refractivity contribution in [3.8, 4) is 0 Å². The molecule has 0 spiro atoms. The molecule has 4 N–H and O–H groups in total. The summed E-state index contributed by atoms with van der Waals surface area (Å²) >= 11 is 6.30. The summed E-state index contributed by atoms with van der Waals surface area (Å²) in [6, 6.07) is 9.29. The van der Waals surface area contributed by atoms with Crippen molar-refractivity contribution in [2.45, 2.75) is 39.0 Å². The molecule has 0 aliphatic carbocycles. The fraction of sp³-hybridized carbons (Fsp3) is 0.300. The predicted octanol–water partition coefficient (Wildman–Crippen LogP) is 3.50. The quantitative estimate of drug-likeness (QED) is 0.543. The number of halogens is 1. The molecule has 2 heterocycles. The number of carbonyl (C=O) groups is 1. The normalized spacial score (nSPS) is 14.4. The van der Waals surface area contributed by atoms with E-state index in [9.17, 15) is 4.79 Å². The monoisotopic (exact) mass is 383 g/mol. The summed E-state index contributed by atoms with van der Waals surface area (Å²) in [4.78, 5) is 13.0. The molecule has 7 heteroatoms. The van der Waals surface area contributed by atoms with Gasteiger partial charge in [-0.15, -0.1) is 0 Å². The highest BCUT2D eigenvalue weighted by Gasteiger charge is 2.25. The minimum Gasteiger partial charge on any atom is -0.370 e. The highest BCUT2D eigenvalue weighted by Crippen LogP contribution is 2.31. The standard InChI is InChI=1S/C20H22ClN5O/c1-11(2)24-20(27)19(16-6-14(21)7-18-17(16)10-23-26-18)25-15-4-3-12-8-22-9-13(12)5-15/h3-7,10-11,19,22,25H,8-9H2,1-2H3,(H,23,26)(H,24,27)/t19-/m1/s1. The van der Waals surface area contributed by atoms with Gasteiger partial charge in [-0.2, -0.15) is 5.10 Å². The van der Waals surface area contributed by atoms with Crippen LogP contribution >= 0.6 is 11.6 Å². The Morgan fingerprint density at radius 1 is 1.19 bits per heavy atom. The van der Waals surface area contributed by atoms with E-state index in [0.29, 0.717) is 5.02 Å². The molecule has 0 fully saturated rings. The van der Waals surface area contributed by atoms with Crippen molar-refractivity contribution in [3.63, 3.8) is 0 Å². The second-order valence-electron chi connectivity index (χ2n) is 7.15. The maximum absolute atomic E-state index is 13.0. The van der Waals surface area contributed by atoms with Crippen molar-refractivity contribution >= 4 is 34.1 Å². The van der Waals surface area contributed by atoms with Gasteiger partial charge in [-0.3, -0.25) is 9.89 Å². The maximum Gasteiger partial charge on any atom is 0.247 e. The summed E-state index contributed by atoms with van der Waals surface area (Å²) in [5.74, 6) is -0.103. The molecule has 0 saturated carbocycles. The number of nitrogens with zero attached hydrogens (tertiary/aromatic N) is 1. The lowest BCUT2D eigenvalue weighted by Crippen LogP contribution is -2.37. The molecule has 4 rings (SSSR count). The van der Waals surface area contributed by atoms with Crippen LogP contribution in [-0.2, 0) is 17.9 Å². The Bertz CT molecular complexity index is 997. The fourth-order valence-corrected chi connectivity index (χ4v) is 3.71. The van der Waals surface area contributed by atoms with Crippen LogP contribution in [-0.4, -0.2) is 22.1 Å². The fourth-order valence-electron chi connectivity index (χ4n) is 3.48. The number of benzene rings is 2. The van der Waals surface area contributed by atoms with Gasteiger partial charge in [0.1, 0.15) is 6.04 Å².